The molecule has 1 rings (SSSR count). The zero-order valence-corrected chi connectivity index (χ0v) is 9.17. The first-order valence-corrected chi connectivity index (χ1v) is 4.57. The SMILES string of the molecule is COc1cc(F)c(C(C)(C)C(=O)O)c(F)c1. The Kier molecular flexibility index (Phi) is 3.16. The highest BCUT2D eigenvalue weighted by molar-refractivity contribution is 5.80. The molecule has 0 radical (unpaired) electrons. The molecule has 1 aromatic carbocycles. The van der Waals surface area contributed by atoms with Crippen LogP contribution in [0, 0.1) is 11.6 Å². The van der Waals surface area contributed by atoms with Crippen LogP contribution < -0.4 is 4.74 Å². The van der Waals surface area contributed by atoms with Gasteiger partial charge >= 0.3 is 5.97 Å². The van der Waals surface area contributed by atoms with E-state index < -0.39 is 28.6 Å². The van der Waals surface area contributed by atoms with Gasteiger partial charge in [-0.15, -0.1) is 0 Å². The number of hydrogen-bond donors (Lipinski definition) is 1. The van der Waals surface area contributed by atoms with Gasteiger partial charge in [0.2, 0.25) is 0 Å². The summed E-state index contributed by atoms with van der Waals surface area (Å²) >= 11 is 0. The molecule has 1 aromatic rings. The lowest BCUT2D eigenvalue weighted by molar-refractivity contribution is -0.142. The van der Waals surface area contributed by atoms with Crippen molar-refractivity contribution >= 4 is 5.97 Å². The number of ether oxygens (including phenoxy) is 1. The molecule has 0 aliphatic rings. The summed E-state index contributed by atoms with van der Waals surface area (Å²) in [5, 5.41) is 8.91. The molecule has 0 aliphatic carbocycles. The van der Waals surface area contributed by atoms with E-state index in [1.165, 1.54) is 21.0 Å². The molecule has 0 aliphatic heterocycles. The summed E-state index contributed by atoms with van der Waals surface area (Å²) in [7, 11) is 1.27. The Morgan fingerprint density at radius 2 is 1.75 bits per heavy atom. The van der Waals surface area contributed by atoms with Crippen molar-refractivity contribution in [2.45, 2.75) is 19.3 Å². The molecular weight excluding hydrogens is 218 g/mol. The molecule has 0 bridgehead atoms. The number of carboxylic acids is 1. The fourth-order valence-corrected chi connectivity index (χ4v) is 1.37. The molecule has 0 aromatic heterocycles. The zero-order valence-electron chi connectivity index (χ0n) is 9.17. The van der Waals surface area contributed by atoms with E-state index in [2.05, 4.69) is 4.74 Å². The first kappa shape index (κ1) is 12.4. The summed E-state index contributed by atoms with van der Waals surface area (Å²) in [4.78, 5) is 10.9. The highest BCUT2D eigenvalue weighted by atomic mass is 19.1. The predicted octanol–water partition coefficient (Wildman–Crippen LogP) is 2.34. The zero-order chi connectivity index (χ0) is 12.5. The Morgan fingerprint density at radius 3 is 2.06 bits per heavy atom. The maximum absolute atomic E-state index is 13.6. The van der Waals surface area contributed by atoms with Crippen molar-refractivity contribution in [1.29, 1.82) is 0 Å². The number of halogens is 2. The normalized spacial score (nSPS) is 11.3. The molecule has 0 fully saturated rings. The van der Waals surface area contributed by atoms with E-state index in [0.29, 0.717) is 0 Å². The Balaban J connectivity index is 3.41. The van der Waals surface area contributed by atoms with E-state index in [1.54, 1.807) is 0 Å². The number of benzene rings is 1. The van der Waals surface area contributed by atoms with Crippen LogP contribution in [0.15, 0.2) is 12.1 Å². The largest absolute Gasteiger partial charge is 0.497 e. The van der Waals surface area contributed by atoms with Gasteiger partial charge in [-0.05, 0) is 13.8 Å². The van der Waals surface area contributed by atoms with E-state index in [0.717, 1.165) is 12.1 Å². The minimum absolute atomic E-state index is 0.0138. The van der Waals surface area contributed by atoms with Gasteiger partial charge < -0.3 is 9.84 Å². The van der Waals surface area contributed by atoms with Gasteiger partial charge in [0.05, 0.1) is 12.5 Å². The van der Waals surface area contributed by atoms with Crippen molar-refractivity contribution < 1.29 is 23.4 Å². The molecule has 0 heterocycles. The molecule has 3 nitrogen and oxygen atoms in total. The molecule has 0 saturated carbocycles. The summed E-state index contributed by atoms with van der Waals surface area (Å²) in [6, 6.07) is 1.92. The first-order valence-electron chi connectivity index (χ1n) is 4.57. The topological polar surface area (TPSA) is 46.5 Å². The molecule has 0 spiro atoms. The highest BCUT2D eigenvalue weighted by Gasteiger charge is 2.35. The third-order valence-electron chi connectivity index (χ3n) is 2.41. The predicted molar refractivity (Wildman–Crippen MR) is 53.6 cm³/mol. The van der Waals surface area contributed by atoms with Crippen LogP contribution in [0.1, 0.15) is 19.4 Å². The van der Waals surface area contributed by atoms with E-state index in [4.69, 9.17) is 5.11 Å². The molecule has 0 unspecified atom stereocenters. The van der Waals surface area contributed by atoms with Gasteiger partial charge in [-0.1, -0.05) is 0 Å². The summed E-state index contributed by atoms with van der Waals surface area (Å²) in [5.74, 6) is -3.14. The number of rotatable bonds is 3. The Morgan fingerprint density at radius 1 is 1.31 bits per heavy atom. The van der Waals surface area contributed by atoms with E-state index >= 15 is 0 Å². The Labute approximate surface area is 91.7 Å². The Bertz CT molecular complexity index is 404. The van der Waals surface area contributed by atoms with Crippen molar-refractivity contribution in [3.63, 3.8) is 0 Å². The van der Waals surface area contributed by atoms with Crippen molar-refractivity contribution in [3.05, 3.63) is 29.3 Å². The standard InChI is InChI=1S/C11H12F2O3/c1-11(2,10(14)15)9-7(12)4-6(16-3)5-8(9)13/h4-5H,1-3H3,(H,14,15). The lowest BCUT2D eigenvalue weighted by Gasteiger charge is -2.21. The summed E-state index contributed by atoms with van der Waals surface area (Å²) < 4.78 is 31.8. The van der Waals surface area contributed by atoms with Gasteiger partial charge in [0.25, 0.3) is 0 Å². The summed E-state index contributed by atoms with van der Waals surface area (Å²) in [6.07, 6.45) is 0. The fourth-order valence-electron chi connectivity index (χ4n) is 1.37. The van der Waals surface area contributed by atoms with Crippen LogP contribution in [-0.4, -0.2) is 18.2 Å². The van der Waals surface area contributed by atoms with Gasteiger partial charge in [0.1, 0.15) is 17.4 Å². The van der Waals surface area contributed by atoms with Crippen LogP contribution in [0.5, 0.6) is 5.75 Å². The second-order valence-corrected chi connectivity index (χ2v) is 3.90. The maximum Gasteiger partial charge on any atom is 0.313 e. The average Bonchev–Trinajstić information content (AvgIpc) is 2.15. The van der Waals surface area contributed by atoms with Gasteiger partial charge in [0, 0.05) is 17.7 Å². The number of carbonyl (C=O) groups is 1. The van der Waals surface area contributed by atoms with Crippen LogP contribution in [0.3, 0.4) is 0 Å². The molecular formula is C11H12F2O3. The van der Waals surface area contributed by atoms with Crippen LogP contribution in [0.25, 0.3) is 0 Å². The summed E-state index contributed by atoms with van der Waals surface area (Å²) in [5.41, 5.74) is -2.10. The molecule has 1 N–H and O–H groups in total. The third-order valence-corrected chi connectivity index (χ3v) is 2.41. The van der Waals surface area contributed by atoms with Gasteiger partial charge in [0.15, 0.2) is 0 Å². The number of hydrogen-bond acceptors (Lipinski definition) is 2. The second-order valence-electron chi connectivity index (χ2n) is 3.90. The minimum atomic E-state index is -1.62. The van der Waals surface area contributed by atoms with Crippen LogP contribution in [0.4, 0.5) is 8.78 Å². The second kappa shape index (κ2) is 4.08. The Hall–Kier alpha value is -1.65. The molecule has 0 amide bonds. The maximum atomic E-state index is 13.6. The summed E-state index contributed by atoms with van der Waals surface area (Å²) in [6.45, 7) is 2.48. The minimum Gasteiger partial charge on any atom is -0.497 e. The molecule has 0 saturated heterocycles. The van der Waals surface area contributed by atoms with Crippen molar-refractivity contribution in [2.24, 2.45) is 0 Å². The molecule has 16 heavy (non-hydrogen) atoms. The number of methoxy groups -OCH3 is 1. The smallest absolute Gasteiger partial charge is 0.313 e. The number of carboxylic acid groups (broad SMARTS) is 1. The van der Waals surface area contributed by atoms with E-state index in [1.807, 2.05) is 0 Å². The van der Waals surface area contributed by atoms with Crippen LogP contribution >= 0.6 is 0 Å². The number of aliphatic carboxylic acids is 1. The van der Waals surface area contributed by atoms with Crippen LogP contribution in [0.2, 0.25) is 0 Å². The van der Waals surface area contributed by atoms with Crippen molar-refractivity contribution in [1.82, 2.24) is 0 Å². The molecule has 5 heteroatoms. The van der Waals surface area contributed by atoms with Gasteiger partial charge in [-0.3, -0.25) is 4.79 Å². The quantitative estimate of drug-likeness (QED) is 0.866. The van der Waals surface area contributed by atoms with E-state index in [-0.39, 0.29) is 5.75 Å². The molecule has 0 atom stereocenters. The van der Waals surface area contributed by atoms with E-state index in [9.17, 15) is 13.6 Å². The third kappa shape index (κ3) is 1.98. The first-order chi connectivity index (χ1) is 7.30. The monoisotopic (exact) mass is 230 g/mol. The van der Waals surface area contributed by atoms with Gasteiger partial charge in [-0.25, -0.2) is 8.78 Å². The fraction of sp³-hybridized carbons (Fsp3) is 0.364. The van der Waals surface area contributed by atoms with Gasteiger partial charge in [-0.2, -0.15) is 0 Å². The van der Waals surface area contributed by atoms with Crippen molar-refractivity contribution in [2.75, 3.05) is 7.11 Å². The highest BCUT2D eigenvalue weighted by Crippen LogP contribution is 2.31. The average molecular weight is 230 g/mol. The lowest BCUT2D eigenvalue weighted by Crippen LogP contribution is -2.31. The van der Waals surface area contributed by atoms with Crippen LogP contribution in [-0.2, 0) is 10.2 Å². The lowest BCUT2D eigenvalue weighted by atomic mass is 9.84. The van der Waals surface area contributed by atoms with Crippen molar-refractivity contribution in [3.8, 4) is 5.75 Å². The molecule has 88 valence electrons.